The van der Waals surface area contributed by atoms with Crippen molar-refractivity contribution in [3.8, 4) is 6.07 Å². The van der Waals surface area contributed by atoms with E-state index in [1.807, 2.05) is 18.2 Å². The molecule has 0 heterocycles. The molecule has 1 fully saturated rings. The van der Waals surface area contributed by atoms with Crippen molar-refractivity contribution < 1.29 is 0 Å². The molecule has 18 heavy (non-hydrogen) atoms. The molecule has 2 rings (SSSR count). The van der Waals surface area contributed by atoms with E-state index < -0.39 is 0 Å². The van der Waals surface area contributed by atoms with Crippen LogP contribution in [0, 0.1) is 28.1 Å². The van der Waals surface area contributed by atoms with Crippen LogP contribution in [0.15, 0.2) is 22.7 Å². The zero-order valence-electron chi connectivity index (χ0n) is 11.3. The summed E-state index contributed by atoms with van der Waals surface area (Å²) in [4.78, 5) is 0. The summed E-state index contributed by atoms with van der Waals surface area (Å²) >= 11 is 3.41. The van der Waals surface area contributed by atoms with Gasteiger partial charge in [-0.15, -0.1) is 0 Å². The second-order valence-corrected chi connectivity index (χ2v) is 7.04. The highest BCUT2D eigenvalue weighted by Gasteiger charge is 2.63. The van der Waals surface area contributed by atoms with E-state index in [1.165, 1.54) is 0 Å². The Balaban J connectivity index is 2.01. The summed E-state index contributed by atoms with van der Waals surface area (Å²) in [6, 6.07) is 7.93. The number of halogens is 1. The third-order valence-electron chi connectivity index (χ3n) is 4.92. The minimum Gasteiger partial charge on any atom is -0.385 e. The molecule has 3 heteroatoms. The van der Waals surface area contributed by atoms with E-state index >= 15 is 0 Å². The van der Waals surface area contributed by atoms with Crippen molar-refractivity contribution in [2.24, 2.45) is 16.7 Å². The van der Waals surface area contributed by atoms with Gasteiger partial charge in [-0.05, 0) is 50.9 Å². The van der Waals surface area contributed by atoms with E-state index in [9.17, 15) is 0 Å². The Morgan fingerprint density at radius 3 is 2.33 bits per heavy atom. The molecule has 1 aromatic rings. The number of nitriles is 1. The van der Waals surface area contributed by atoms with Crippen LogP contribution in [0.1, 0.15) is 33.3 Å². The Labute approximate surface area is 118 Å². The van der Waals surface area contributed by atoms with Crippen LogP contribution >= 0.6 is 15.9 Å². The molecule has 1 N–H and O–H groups in total. The van der Waals surface area contributed by atoms with Gasteiger partial charge in [0, 0.05) is 16.7 Å². The van der Waals surface area contributed by atoms with E-state index in [2.05, 4.69) is 55.0 Å². The lowest BCUT2D eigenvalue weighted by Gasteiger charge is -2.08. The molecule has 0 spiro atoms. The Morgan fingerprint density at radius 2 is 1.89 bits per heavy atom. The third-order valence-corrected chi connectivity index (χ3v) is 5.58. The van der Waals surface area contributed by atoms with Gasteiger partial charge in [0.05, 0.1) is 5.56 Å². The monoisotopic (exact) mass is 306 g/mol. The van der Waals surface area contributed by atoms with Crippen molar-refractivity contribution in [3.63, 3.8) is 0 Å². The molecule has 0 atom stereocenters. The van der Waals surface area contributed by atoms with E-state index in [0.29, 0.717) is 22.3 Å². The normalized spacial score (nSPS) is 20.2. The molecule has 1 aliphatic rings. The number of benzene rings is 1. The van der Waals surface area contributed by atoms with Gasteiger partial charge in [-0.25, -0.2) is 0 Å². The van der Waals surface area contributed by atoms with Crippen LogP contribution in [0.5, 0.6) is 0 Å². The maximum absolute atomic E-state index is 8.87. The summed E-state index contributed by atoms with van der Waals surface area (Å²) in [6.07, 6.45) is 0. The summed E-state index contributed by atoms with van der Waals surface area (Å²) in [5, 5.41) is 12.3. The van der Waals surface area contributed by atoms with E-state index in [0.717, 1.165) is 16.7 Å². The molecule has 0 saturated heterocycles. The van der Waals surface area contributed by atoms with E-state index in [-0.39, 0.29) is 0 Å². The van der Waals surface area contributed by atoms with Crippen LogP contribution < -0.4 is 5.32 Å². The van der Waals surface area contributed by atoms with E-state index in [4.69, 9.17) is 5.26 Å². The Hall–Kier alpha value is -1.01. The molecule has 1 aromatic carbocycles. The van der Waals surface area contributed by atoms with Gasteiger partial charge in [-0.3, -0.25) is 0 Å². The molecule has 96 valence electrons. The Kier molecular flexibility index (Phi) is 3.19. The number of nitrogens with one attached hydrogen (secondary N) is 1. The van der Waals surface area contributed by atoms with Crippen molar-refractivity contribution in [3.05, 3.63) is 28.2 Å². The smallest absolute Gasteiger partial charge is 0.100 e. The van der Waals surface area contributed by atoms with Crippen LogP contribution in [0.2, 0.25) is 0 Å². The zero-order valence-corrected chi connectivity index (χ0v) is 12.9. The van der Waals surface area contributed by atoms with Crippen molar-refractivity contribution in [2.45, 2.75) is 27.7 Å². The molecule has 1 aliphatic carbocycles. The summed E-state index contributed by atoms with van der Waals surface area (Å²) < 4.78 is 0.851. The van der Waals surface area contributed by atoms with Crippen LogP contribution in [0.3, 0.4) is 0 Å². The Morgan fingerprint density at radius 1 is 1.28 bits per heavy atom. The van der Waals surface area contributed by atoms with E-state index in [1.54, 1.807) is 0 Å². The first kappa shape index (κ1) is 13.4. The summed E-state index contributed by atoms with van der Waals surface area (Å²) in [7, 11) is 0. The Bertz CT molecular complexity index is 498. The topological polar surface area (TPSA) is 35.8 Å². The maximum atomic E-state index is 8.87. The standard InChI is InChI=1S/C15H19BrN2/c1-14(2)13(15(14,3)4)9-18-11-6-5-10(8-17)12(16)7-11/h5-7,13,18H,9H2,1-4H3. The molecule has 0 radical (unpaired) electrons. The van der Waals surface area contributed by atoms with Gasteiger partial charge in [0.15, 0.2) is 0 Å². The number of anilines is 1. The molecule has 0 amide bonds. The molecule has 0 unspecified atom stereocenters. The molecule has 0 aliphatic heterocycles. The predicted molar refractivity (Wildman–Crippen MR) is 78.4 cm³/mol. The van der Waals surface area contributed by atoms with Gasteiger partial charge in [-0.2, -0.15) is 5.26 Å². The van der Waals surface area contributed by atoms with Crippen LogP contribution in [0.4, 0.5) is 5.69 Å². The molecule has 0 bridgehead atoms. The first-order valence-corrected chi connectivity index (χ1v) is 7.03. The summed E-state index contributed by atoms with van der Waals surface area (Å²) in [5.74, 6) is 0.694. The van der Waals surface area contributed by atoms with Gasteiger partial charge in [0.1, 0.15) is 6.07 Å². The fourth-order valence-corrected chi connectivity index (χ4v) is 3.25. The lowest BCUT2D eigenvalue weighted by Crippen LogP contribution is -2.08. The molecule has 0 aromatic heterocycles. The second-order valence-electron chi connectivity index (χ2n) is 6.18. The highest BCUT2D eigenvalue weighted by Crippen LogP contribution is 2.68. The van der Waals surface area contributed by atoms with Crippen LogP contribution in [-0.4, -0.2) is 6.54 Å². The first-order valence-electron chi connectivity index (χ1n) is 6.24. The number of nitrogens with zero attached hydrogens (tertiary/aromatic N) is 1. The number of hydrogen-bond donors (Lipinski definition) is 1. The van der Waals surface area contributed by atoms with Crippen LogP contribution in [-0.2, 0) is 0 Å². The van der Waals surface area contributed by atoms with Gasteiger partial charge in [-0.1, -0.05) is 27.7 Å². The van der Waals surface area contributed by atoms with Crippen LogP contribution in [0.25, 0.3) is 0 Å². The highest BCUT2D eigenvalue weighted by molar-refractivity contribution is 9.10. The fourth-order valence-electron chi connectivity index (χ4n) is 2.78. The SMILES string of the molecule is CC1(C)C(CNc2ccc(C#N)c(Br)c2)C1(C)C. The van der Waals surface area contributed by atoms with Crippen molar-refractivity contribution in [1.82, 2.24) is 0 Å². The third kappa shape index (κ3) is 2.03. The summed E-state index contributed by atoms with van der Waals surface area (Å²) in [5.41, 5.74) is 2.56. The quantitative estimate of drug-likeness (QED) is 0.897. The summed E-state index contributed by atoms with van der Waals surface area (Å²) in [6.45, 7) is 10.3. The average Bonchev–Trinajstić information content (AvgIpc) is 2.67. The van der Waals surface area contributed by atoms with Gasteiger partial charge in [0.2, 0.25) is 0 Å². The largest absolute Gasteiger partial charge is 0.385 e. The molecular weight excluding hydrogens is 288 g/mol. The average molecular weight is 307 g/mol. The molecular formula is C15H19BrN2. The minimum atomic E-state index is 0.407. The molecule has 2 nitrogen and oxygen atoms in total. The fraction of sp³-hybridized carbons (Fsp3) is 0.533. The van der Waals surface area contributed by atoms with Gasteiger partial charge < -0.3 is 5.32 Å². The first-order chi connectivity index (χ1) is 8.30. The lowest BCUT2D eigenvalue weighted by atomic mass is 10.0. The molecule has 1 saturated carbocycles. The van der Waals surface area contributed by atoms with Crippen molar-refractivity contribution in [2.75, 3.05) is 11.9 Å². The zero-order chi connectivity index (χ0) is 13.6. The number of hydrogen-bond acceptors (Lipinski definition) is 2. The number of rotatable bonds is 3. The van der Waals surface area contributed by atoms with Gasteiger partial charge >= 0.3 is 0 Å². The maximum Gasteiger partial charge on any atom is 0.100 e. The predicted octanol–water partition coefficient (Wildman–Crippen LogP) is 4.41. The highest BCUT2D eigenvalue weighted by atomic mass is 79.9. The lowest BCUT2D eigenvalue weighted by molar-refractivity contribution is 0.457. The minimum absolute atomic E-state index is 0.407. The van der Waals surface area contributed by atoms with Crippen molar-refractivity contribution >= 4 is 21.6 Å². The second kappa shape index (κ2) is 4.28. The van der Waals surface area contributed by atoms with Crippen molar-refractivity contribution in [1.29, 1.82) is 5.26 Å². The van der Waals surface area contributed by atoms with Gasteiger partial charge in [0.25, 0.3) is 0 Å².